The zero-order chi connectivity index (χ0) is 31.1. The Labute approximate surface area is 238 Å². The summed E-state index contributed by atoms with van der Waals surface area (Å²) >= 11 is 0. The lowest BCUT2D eigenvalue weighted by Gasteiger charge is -2.20. The predicted molar refractivity (Wildman–Crippen MR) is 140 cm³/mol. The molecule has 5 aromatic carbocycles. The zero-order valence-corrected chi connectivity index (χ0v) is 21.8. The average Bonchev–Trinajstić information content (AvgIpc) is 2.95. The predicted octanol–water partition coefficient (Wildman–Crippen LogP) is 9.80. The molecule has 0 aliphatic rings. The molecule has 0 radical (unpaired) electrons. The Hall–Kier alpha value is -4.93. The Morgan fingerprint density at radius 2 is 0.930 bits per heavy atom. The molecule has 2 nitrogen and oxygen atoms in total. The fourth-order valence-corrected chi connectivity index (χ4v) is 4.43. The fraction of sp³-hybridized carbons (Fsp3) is 0.0625. The minimum Gasteiger partial charge on any atom is -0.497 e. The Morgan fingerprint density at radius 1 is 0.465 bits per heavy atom. The molecular weight excluding hydrogens is 587 g/mol. The Morgan fingerprint density at radius 3 is 1.47 bits per heavy atom. The van der Waals surface area contributed by atoms with Crippen LogP contribution in [0.1, 0.15) is 5.56 Å². The van der Waals surface area contributed by atoms with Gasteiger partial charge >= 0.3 is 6.11 Å². The molecular formula is C32H17F9O2. The second-order valence-corrected chi connectivity index (χ2v) is 9.25. The van der Waals surface area contributed by atoms with Crippen molar-refractivity contribution < 1.29 is 49.0 Å². The van der Waals surface area contributed by atoms with Crippen molar-refractivity contribution in [1.82, 2.24) is 0 Å². The van der Waals surface area contributed by atoms with Crippen molar-refractivity contribution in [3.63, 3.8) is 0 Å². The van der Waals surface area contributed by atoms with Gasteiger partial charge in [-0.2, -0.15) is 8.78 Å². The van der Waals surface area contributed by atoms with Crippen molar-refractivity contribution in [1.29, 1.82) is 0 Å². The first-order valence-electron chi connectivity index (χ1n) is 12.3. The van der Waals surface area contributed by atoms with Crippen molar-refractivity contribution in [3.8, 4) is 44.9 Å². The van der Waals surface area contributed by atoms with Crippen molar-refractivity contribution >= 4 is 0 Å². The molecule has 0 aliphatic carbocycles. The minimum absolute atomic E-state index is 0.0286. The number of hydrogen-bond acceptors (Lipinski definition) is 2. The van der Waals surface area contributed by atoms with Gasteiger partial charge in [-0.15, -0.1) is 0 Å². The van der Waals surface area contributed by atoms with Crippen LogP contribution in [0.5, 0.6) is 11.5 Å². The van der Waals surface area contributed by atoms with Crippen LogP contribution < -0.4 is 9.47 Å². The molecule has 0 aliphatic heterocycles. The first-order chi connectivity index (χ1) is 20.4. The number of hydrogen-bond donors (Lipinski definition) is 0. The van der Waals surface area contributed by atoms with Crippen LogP contribution in [0.25, 0.3) is 33.4 Å². The lowest BCUT2D eigenvalue weighted by Crippen LogP contribution is -2.25. The molecule has 0 spiro atoms. The van der Waals surface area contributed by atoms with Gasteiger partial charge in [0, 0.05) is 23.3 Å². The van der Waals surface area contributed by atoms with E-state index < -0.39 is 69.3 Å². The van der Waals surface area contributed by atoms with Gasteiger partial charge in [0.25, 0.3) is 0 Å². The van der Waals surface area contributed by atoms with Gasteiger partial charge in [-0.3, -0.25) is 0 Å². The molecule has 0 amide bonds. The highest BCUT2D eigenvalue weighted by atomic mass is 19.3. The molecule has 11 heteroatoms. The Balaban J connectivity index is 1.42. The fourth-order valence-electron chi connectivity index (χ4n) is 4.43. The van der Waals surface area contributed by atoms with Crippen molar-refractivity contribution in [2.45, 2.75) is 6.11 Å². The summed E-state index contributed by atoms with van der Waals surface area (Å²) in [6.45, 7) is 0. The van der Waals surface area contributed by atoms with Gasteiger partial charge in [0.1, 0.15) is 40.3 Å². The van der Waals surface area contributed by atoms with Gasteiger partial charge in [0.05, 0.1) is 7.11 Å². The highest BCUT2D eigenvalue weighted by Gasteiger charge is 2.41. The van der Waals surface area contributed by atoms with E-state index in [0.717, 1.165) is 12.1 Å². The molecule has 0 saturated carbocycles. The molecule has 5 aromatic rings. The summed E-state index contributed by atoms with van der Waals surface area (Å²) in [7, 11) is 1.51. The molecule has 0 aromatic heterocycles. The number of methoxy groups -OCH3 is 1. The van der Waals surface area contributed by atoms with E-state index in [9.17, 15) is 30.7 Å². The molecule has 0 fully saturated rings. The number of benzene rings is 5. The second kappa shape index (κ2) is 11.4. The molecule has 0 bridgehead atoms. The van der Waals surface area contributed by atoms with Gasteiger partial charge in [0.2, 0.25) is 0 Å². The summed E-state index contributed by atoms with van der Waals surface area (Å²) in [5.41, 5.74) is -1.44. The van der Waals surface area contributed by atoms with Gasteiger partial charge in [-0.05, 0) is 58.7 Å². The molecule has 220 valence electrons. The van der Waals surface area contributed by atoms with E-state index in [1.54, 1.807) is 30.3 Å². The smallest absolute Gasteiger partial charge is 0.432 e. The van der Waals surface area contributed by atoms with E-state index >= 15 is 8.78 Å². The number of alkyl halides is 2. The summed E-state index contributed by atoms with van der Waals surface area (Å²) < 4.78 is 138. The van der Waals surface area contributed by atoms with Crippen LogP contribution >= 0.6 is 0 Å². The van der Waals surface area contributed by atoms with E-state index in [4.69, 9.17) is 4.74 Å². The summed E-state index contributed by atoms with van der Waals surface area (Å²) in [5, 5.41) is 0. The quantitative estimate of drug-likeness (QED) is 0.136. The third kappa shape index (κ3) is 5.88. The van der Waals surface area contributed by atoms with Gasteiger partial charge in [0.15, 0.2) is 17.5 Å². The van der Waals surface area contributed by atoms with E-state index in [0.29, 0.717) is 29.0 Å². The zero-order valence-electron chi connectivity index (χ0n) is 21.8. The monoisotopic (exact) mass is 604 g/mol. The molecule has 0 heterocycles. The third-order valence-corrected chi connectivity index (χ3v) is 6.52. The molecule has 5 rings (SSSR count). The molecule has 0 saturated heterocycles. The maximum absolute atomic E-state index is 15.1. The highest BCUT2D eigenvalue weighted by Crippen LogP contribution is 2.39. The number of halogens is 9. The molecule has 43 heavy (non-hydrogen) atoms. The highest BCUT2D eigenvalue weighted by molar-refractivity contribution is 5.74. The van der Waals surface area contributed by atoms with Crippen LogP contribution in [0.15, 0.2) is 84.9 Å². The maximum Gasteiger partial charge on any atom is 0.432 e. The first-order valence-corrected chi connectivity index (χ1v) is 12.3. The van der Waals surface area contributed by atoms with Crippen molar-refractivity contribution in [2.75, 3.05) is 7.11 Å². The SMILES string of the molecule is COc1ccc(-c2ccc(-c3ccc(-c4cc(F)c(C(F)(F)Oc5cc(F)c(F)c(F)c5)c(F)c4)c(F)c3)c(F)c2)cc1. The largest absolute Gasteiger partial charge is 0.497 e. The normalized spacial score (nSPS) is 11.5. The van der Waals surface area contributed by atoms with Crippen LogP contribution in [0, 0.1) is 40.7 Å². The molecule has 0 atom stereocenters. The average molecular weight is 604 g/mol. The summed E-state index contributed by atoms with van der Waals surface area (Å²) in [6, 6.07) is 15.4. The topological polar surface area (TPSA) is 18.5 Å². The van der Waals surface area contributed by atoms with Crippen LogP contribution in [-0.2, 0) is 6.11 Å². The van der Waals surface area contributed by atoms with Crippen molar-refractivity contribution in [2.24, 2.45) is 0 Å². The summed E-state index contributed by atoms with van der Waals surface area (Å²) in [5.74, 6) is -11.8. The minimum atomic E-state index is -4.80. The summed E-state index contributed by atoms with van der Waals surface area (Å²) in [4.78, 5) is 0. The van der Waals surface area contributed by atoms with Gasteiger partial charge in [-0.1, -0.05) is 36.4 Å². The van der Waals surface area contributed by atoms with E-state index in [1.165, 1.54) is 25.3 Å². The second-order valence-electron chi connectivity index (χ2n) is 9.25. The molecule has 0 N–H and O–H groups in total. The van der Waals surface area contributed by atoms with E-state index in [-0.39, 0.29) is 23.3 Å². The Bertz CT molecular complexity index is 1790. The van der Waals surface area contributed by atoms with Gasteiger partial charge < -0.3 is 9.47 Å². The van der Waals surface area contributed by atoms with E-state index in [2.05, 4.69) is 4.74 Å². The molecule has 0 unspecified atom stereocenters. The maximum atomic E-state index is 15.1. The standard InChI is InChI=1S/C32H17F9O2/c1-42-20-6-2-16(3-7-20)17-4-8-22(24(33)10-17)18-5-9-23(25(34)11-18)19-12-26(35)30(27(36)13-19)32(40,41)43-21-14-28(37)31(39)29(38)15-21/h2-15H,1H3. The lowest BCUT2D eigenvalue weighted by molar-refractivity contribution is -0.189. The lowest BCUT2D eigenvalue weighted by atomic mass is 9.96. The van der Waals surface area contributed by atoms with Crippen LogP contribution in [-0.4, -0.2) is 7.11 Å². The van der Waals surface area contributed by atoms with Crippen molar-refractivity contribution in [3.05, 3.63) is 131 Å². The number of ether oxygens (including phenoxy) is 2. The van der Waals surface area contributed by atoms with Crippen LogP contribution in [0.2, 0.25) is 0 Å². The van der Waals surface area contributed by atoms with Crippen LogP contribution in [0.4, 0.5) is 39.5 Å². The Kier molecular flexibility index (Phi) is 7.83. The van der Waals surface area contributed by atoms with E-state index in [1.807, 2.05) is 0 Å². The van der Waals surface area contributed by atoms with Crippen LogP contribution in [0.3, 0.4) is 0 Å². The number of rotatable bonds is 7. The van der Waals surface area contributed by atoms with Gasteiger partial charge in [-0.25, -0.2) is 30.7 Å². The third-order valence-electron chi connectivity index (χ3n) is 6.52. The summed E-state index contributed by atoms with van der Waals surface area (Å²) in [6.07, 6.45) is -4.80. The first kappa shape index (κ1) is 29.6.